The zero-order valence-electron chi connectivity index (χ0n) is 11.7. The Morgan fingerprint density at radius 2 is 2.00 bits per heavy atom. The third-order valence-electron chi connectivity index (χ3n) is 3.48. The van der Waals surface area contributed by atoms with Gasteiger partial charge in [-0.25, -0.2) is 15.4 Å². The molecule has 3 N–H and O–H groups in total. The molecule has 5 heteroatoms. The van der Waals surface area contributed by atoms with Crippen molar-refractivity contribution in [2.24, 2.45) is 5.84 Å². The first-order chi connectivity index (χ1) is 10.2. The number of aromatic nitrogens is 2. The molecule has 3 rings (SSSR count). The van der Waals surface area contributed by atoms with Gasteiger partial charge in [0.05, 0.1) is 16.6 Å². The van der Waals surface area contributed by atoms with E-state index in [2.05, 4.69) is 17.3 Å². The highest BCUT2D eigenvalue weighted by Crippen LogP contribution is 2.16. The van der Waals surface area contributed by atoms with E-state index in [-0.39, 0.29) is 5.56 Å². The second kappa shape index (κ2) is 5.38. The molecular weight excluding hydrogens is 264 g/mol. The first-order valence-corrected chi connectivity index (χ1v) is 6.82. The summed E-state index contributed by atoms with van der Waals surface area (Å²) in [6, 6.07) is 15.0. The summed E-state index contributed by atoms with van der Waals surface area (Å²) in [5.41, 5.74) is 4.91. The van der Waals surface area contributed by atoms with E-state index in [0.717, 1.165) is 17.7 Å². The number of hydrogen-bond acceptors (Lipinski definition) is 4. The molecule has 2 aromatic carbocycles. The minimum absolute atomic E-state index is 0.137. The average Bonchev–Trinajstić information content (AvgIpc) is 2.54. The number of nitrogens with two attached hydrogens (primary N) is 1. The third-order valence-corrected chi connectivity index (χ3v) is 3.48. The van der Waals surface area contributed by atoms with Crippen molar-refractivity contribution in [2.45, 2.75) is 13.3 Å². The largest absolute Gasteiger partial charge is 0.293 e. The molecule has 0 aliphatic rings. The first-order valence-electron chi connectivity index (χ1n) is 6.82. The van der Waals surface area contributed by atoms with Gasteiger partial charge in [0.25, 0.3) is 5.56 Å². The number of rotatable bonds is 3. The number of benzene rings is 2. The molecule has 0 saturated heterocycles. The van der Waals surface area contributed by atoms with Crippen molar-refractivity contribution in [2.75, 3.05) is 5.43 Å². The second-order valence-electron chi connectivity index (χ2n) is 4.76. The second-order valence-corrected chi connectivity index (χ2v) is 4.76. The number of hydrazine groups is 1. The predicted molar refractivity (Wildman–Crippen MR) is 84.5 cm³/mol. The van der Waals surface area contributed by atoms with Crippen LogP contribution in [0.1, 0.15) is 12.5 Å². The van der Waals surface area contributed by atoms with Crippen LogP contribution < -0.4 is 16.8 Å². The first kappa shape index (κ1) is 13.3. The van der Waals surface area contributed by atoms with E-state index < -0.39 is 0 Å². The van der Waals surface area contributed by atoms with Crippen LogP contribution in [0.4, 0.5) is 5.95 Å². The molecule has 106 valence electrons. The molecular formula is C16H16N4O. The van der Waals surface area contributed by atoms with E-state index in [1.54, 1.807) is 12.1 Å². The Hall–Kier alpha value is -2.66. The summed E-state index contributed by atoms with van der Waals surface area (Å²) >= 11 is 0. The van der Waals surface area contributed by atoms with Gasteiger partial charge in [0.2, 0.25) is 5.95 Å². The Morgan fingerprint density at radius 1 is 1.19 bits per heavy atom. The zero-order valence-corrected chi connectivity index (χ0v) is 11.7. The monoisotopic (exact) mass is 280 g/mol. The molecule has 1 heterocycles. The lowest BCUT2D eigenvalue weighted by molar-refractivity contribution is 0.950. The molecule has 0 spiro atoms. The molecule has 1 aromatic heterocycles. The minimum Gasteiger partial charge on any atom is -0.293 e. The number of fused-ring (bicyclic) bond motifs is 1. The van der Waals surface area contributed by atoms with E-state index in [0.29, 0.717) is 16.9 Å². The predicted octanol–water partition coefficient (Wildman–Crippen LogP) is 2.23. The van der Waals surface area contributed by atoms with Crippen molar-refractivity contribution >= 4 is 16.9 Å². The summed E-state index contributed by atoms with van der Waals surface area (Å²) in [6.07, 6.45) is 0.898. The van der Waals surface area contributed by atoms with E-state index >= 15 is 0 Å². The fourth-order valence-electron chi connectivity index (χ4n) is 2.38. The smallest absolute Gasteiger partial charge is 0.267 e. The van der Waals surface area contributed by atoms with Gasteiger partial charge in [-0.2, -0.15) is 0 Å². The van der Waals surface area contributed by atoms with Crippen molar-refractivity contribution in [3.63, 3.8) is 0 Å². The standard InChI is InChI=1S/C16H16N4O/c1-2-11-6-5-7-12(10-11)20-15(21)13-8-3-4-9-14(13)18-16(20)19-17/h3-10H,2,17H2,1H3,(H,18,19). The molecule has 0 aliphatic carbocycles. The van der Waals surface area contributed by atoms with Gasteiger partial charge in [-0.1, -0.05) is 31.2 Å². The lowest BCUT2D eigenvalue weighted by Crippen LogP contribution is -2.26. The molecule has 3 aromatic rings. The summed E-state index contributed by atoms with van der Waals surface area (Å²) in [6.45, 7) is 2.07. The fraction of sp³-hybridized carbons (Fsp3) is 0.125. The Balaban J connectivity index is 2.35. The van der Waals surface area contributed by atoms with Crippen LogP contribution in [0, 0.1) is 0 Å². The van der Waals surface area contributed by atoms with E-state index in [1.807, 2.05) is 36.4 Å². The highest BCUT2D eigenvalue weighted by atomic mass is 16.1. The topological polar surface area (TPSA) is 72.9 Å². The van der Waals surface area contributed by atoms with E-state index in [4.69, 9.17) is 5.84 Å². The van der Waals surface area contributed by atoms with Crippen molar-refractivity contribution in [3.05, 3.63) is 64.4 Å². The lowest BCUT2D eigenvalue weighted by Gasteiger charge is -2.13. The minimum atomic E-state index is -0.137. The van der Waals surface area contributed by atoms with Gasteiger partial charge >= 0.3 is 0 Å². The molecule has 0 radical (unpaired) electrons. The molecule has 5 nitrogen and oxygen atoms in total. The summed E-state index contributed by atoms with van der Waals surface area (Å²) < 4.78 is 1.50. The van der Waals surface area contributed by atoms with Gasteiger partial charge in [0.15, 0.2) is 0 Å². The number of nitrogens with zero attached hydrogens (tertiary/aromatic N) is 2. The zero-order chi connectivity index (χ0) is 14.8. The van der Waals surface area contributed by atoms with Crippen LogP contribution in [0.15, 0.2) is 53.3 Å². The van der Waals surface area contributed by atoms with Crippen LogP contribution in [0.2, 0.25) is 0 Å². The molecule has 0 unspecified atom stereocenters. The van der Waals surface area contributed by atoms with Crippen LogP contribution in [0.3, 0.4) is 0 Å². The van der Waals surface area contributed by atoms with E-state index in [1.165, 1.54) is 4.57 Å². The molecule has 0 fully saturated rings. The Labute approximate surface area is 122 Å². The quantitative estimate of drug-likeness (QED) is 0.570. The van der Waals surface area contributed by atoms with Crippen molar-refractivity contribution in [1.82, 2.24) is 9.55 Å². The van der Waals surface area contributed by atoms with Gasteiger partial charge in [0, 0.05) is 0 Å². The maximum atomic E-state index is 12.7. The van der Waals surface area contributed by atoms with Crippen LogP contribution in [0.5, 0.6) is 0 Å². The Bertz CT molecular complexity index is 854. The number of para-hydroxylation sites is 1. The number of anilines is 1. The normalized spacial score (nSPS) is 10.8. The average molecular weight is 280 g/mol. The molecule has 0 atom stereocenters. The van der Waals surface area contributed by atoms with Crippen molar-refractivity contribution in [3.8, 4) is 5.69 Å². The maximum Gasteiger partial charge on any atom is 0.267 e. The van der Waals surface area contributed by atoms with Gasteiger partial charge in [-0.3, -0.25) is 10.2 Å². The highest BCUT2D eigenvalue weighted by Gasteiger charge is 2.11. The summed E-state index contributed by atoms with van der Waals surface area (Å²) in [4.78, 5) is 17.1. The molecule has 0 amide bonds. The van der Waals surface area contributed by atoms with Crippen LogP contribution >= 0.6 is 0 Å². The van der Waals surface area contributed by atoms with Gasteiger partial charge in [0.1, 0.15) is 0 Å². The van der Waals surface area contributed by atoms with Gasteiger partial charge in [-0.05, 0) is 36.2 Å². The number of hydrogen-bond donors (Lipinski definition) is 2. The fourth-order valence-corrected chi connectivity index (χ4v) is 2.38. The molecule has 0 aliphatic heterocycles. The van der Waals surface area contributed by atoms with Crippen LogP contribution in [-0.4, -0.2) is 9.55 Å². The summed E-state index contributed by atoms with van der Waals surface area (Å²) in [5.74, 6) is 5.87. The van der Waals surface area contributed by atoms with Gasteiger partial charge in [-0.15, -0.1) is 0 Å². The maximum absolute atomic E-state index is 12.7. The molecule has 0 bridgehead atoms. The number of aryl methyl sites for hydroxylation is 1. The van der Waals surface area contributed by atoms with Crippen LogP contribution in [-0.2, 0) is 6.42 Å². The summed E-state index contributed by atoms with van der Waals surface area (Å²) in [7, 11) is 0. The van der Waals surface area contributed by atoms with Gasteiger partial charge < -0.3 is 0 Å². The van der Waals surface area contributed by atoms with Crippen molar-refractivity contribution < 1.29 is 0 Å². The third kappa shape index (κ3) is 2.28. The van der Waals surface area contributed by atoms with E-state index in [9.17, 15) is 4.79 Å². The summed E-state index contributed by atoms with van der Waals surface area (Å²) in [5, 5.41) is 0.568. The number of nitrogens with one attached hydrogen (secondary N) is 1. The number of nitrogen functional groups attached to an aromatic ring is 1. The lowest BCUT2D eigenvalue weighted by atomic mass is 10.1. The Morgan fingerprint density at radius 3 is 2.76 bits per heavy atom. The van der Waals surface area contributed by atoms with Crippen LogP contribution in [0.25, 0.3) is 16.6 Å². The van der Waals surface area contributed by atoms with Crippen molar-refractivity contribution in [1.29, 1.82) is 0 Å². The molecule has 21 heavy (non-hydrogen) atoms. The SMILES string of the molecule is CCc1cccc(-n2c(NN)nc3ccccc3c2=O)c1. The molecule has 0 saturated carbocycles. The Kier molecular flexibility index (Phi) is 3.41. The highest BCUT2D eigenvalue weighted by molar-refractivity contribution is 5.79.